The summed E-state index contributed by atoms with van der Waals surface area (Å²) in [6, 6.07) is 6.83. The van der Waals surface area contributed by atoms with E-state index in [0.717, 1.165) is 25.1 Å². The molecule has 1 aromatic rings. The third kappa shape index (κ3) is 3.46. The van der Waals surface area contributed by atoms with Crippen LogP contribution in [0, 0.1) is 5.82 Å². The van der Waals surface area contributed by atoms with Crippen LogP contribution >= 0.6 is 0 Å². The van der Waals surface area contributed by atoms with Crippen LogP contribution < -0.4 is 5.32 Å². The van der Waals surface area contributed by atoms with Crippen molar-refractivity contribution in [3.8, 4) is 0 Å². The zero-order valence-corrected chi connectivity index (χ0v) is 8.89. The van der Waals surface area contributed by atoms with Gasteiger partial charge >= 0.3 is 0 Å². The topological polar surface area (TPSA) is 12.0 Å². The van der Waals surface area contributed by atoms with E-state index >= 15 is 0 Å². The number of rotatable bonds is 5. The molecular formula is C12H18FN. The summed E-state index contributed by atoms with van der Waals surface area (Å²) in [5, 5.41) is 3.33. The number of benzene rings is 1. The third-order valence-electron chi connectivity index (χ3n) is 2.30. The molecule has 0 fully saturated rings. The molecule has 78 valence electrons. The number of hydrogen-bond donors (Lipinski definition) is 1. The summed E-state index contributed by atoms with van der Waals surface area (Å²) in [6.07, 6.45) is 1.13. The maximum atomic E-state index is 12.9. The van der Waals surface area contributed by atoms with Gasteiger partial charge in [0.15, 0.2) is 0 Å². The van der Waals surface area contributed by atoms with Gasteiger partial charge in [0.25, 0.3) is 0 Å². The van der Waals surface area contributed by atoms with Gasteiger partial charge in [-0.15, -0.1) is 0 Å². The van der Waals surface area contributed by atoms with E-state index < -0.39 is 0 Å². The van der Waals surface area contributed by atoms with Gasteiger partial charge in [-0.3, -0.25) is 0 Å². The molecule has 0 spiro atoms. The van der Waals surface area contributed by atoms with Crippen molar-refractivity contribution in [2.75, 3.05) is 13.1 Å². The quantitative estimate of drug-likeness (QED) is 0.712. The van der Waals surface area contributed by atoms with Crippen molar-refractivity contribution in [1.82, 2.24) is 5.32 Å². The van der Waals surface area contributed by atoms with Crippen LogP contribution in [-0.2, 0) is 0 Å². The average molecular weight is 195 g/mol. The molecule has 1 atom stereocenters. The minimum Gasteiger partial charge on any atom is -0.316 e. The largest absolute Gasteiger partial charge is 0.316 e. The summed E-state index contributed by atoms with van der Waals surface area (Å²) in [4.78, 5) is 0. The molecule has 1 N–H and O–H groups in total. The van der Waals surface area contributed by atoms with E-state index in [0.29, 0.717) is 5.92 Å². The highest BCUT2D eigenvalue weighted by molar-refractivity contribution is 5.20. The van der Waals surface area contributed by atoms with Crippen molar-refractivity contribution in [2.24, 2.45) is 0 Å². The summed E-state index contributed by atoms with van der Waals surface area (Å²) in [7, 11) is 0. The van der Waals surface area contributed by atoms with Crippen molar-refractivity contribution < 1.29 is 4.39 Å². The Balaban J connectivity index is 2.47. The van der Waals surface area contributed by atoms with Crippen molar-refractivity contribution >= 4 is 0 Å². The van der Waals surface area contributed by atoms with Crippen LogP contribution in [0.5, 0.6) is 0 Å². The lowest BCUT2D eigenvalue weighted by Crippen LogP contribution is -2.20. The average Bonchev–Trinajstić information content (AvgIpc) is 2.18. The van der Waals surface area contributed by atoms with E-state index in [4.69, 9.17) is 0 Å². The van der Waals surface area contributed by atoms with Gasteiger partial charge in [0.2, 0.25) is 0 Å². The Hall–Kier alpha value is -0.890. The highest BCUT2D eigenvalue weighted by Crippen LogP contribution is 2.14. The first-order valence-electron chi connectivity index (χ1n) is 5.20. The van der Waals surface area contributed by atoms with Crippen molar-refractivity contribution in [3.05, 3.63) is 35.6 Å². The molecule has 0 aromatic heterocycles. The molecule has 1 unspecified atom stereocenters. The van der Waals surface area contributed by atoms with Gasteiger partial charge in [-0.05, 0) is 36.6 Å². The summed E-state index contributed by atoms with van der Waals surface area (Å²) in [5.74, 6) is 0.224. The smallest absolute Gasteiger partial charge is 0.123 e. The molecule has 1 nitrogen and oxygen atoms in total. The molecule has 0 aliphatic rings. The van der Waals surface area contributed by atoms with Gasteiger partial charge in [0, 0.05) is 6.54 Å². The fraction of sp³-hybridized carbons (Fsp3) is 0.500. The van der Waals surface area contributed by atoms with E-state index in [1.54, 1.807) is 12.1 Å². The van der Waals surface area contributed by atoms with Crippen LogP contribution in [0.1, 0.15) is 31.7 Å². The molecule has 0 aliphatic heterocycles. The molecule has 0 saturated heterocycles. The molecule has 14 heavy (non-hydrogen) atoms. The molecule has 0 heterocycles. The lowest BCUT2D eigenvalue weighted by Gasteiger charge is -2.12. The van der Waals surface area contributed by atoms with Crippen LogP contribution in [0.3, 0.4) is 0 Å². The van der Waals surface area contributed by atoms with E-state index in [2.05, 4.69) is 19.2 Å². The molecule has 0 amide bonds. The normalized spacial score (nSPS) is 12.8. The van der Waals surface area contributed by atoms with Crippen LogP contribution in [0.25, 0.3) is 0 Å². The number of hydrogen-bond acceptors (Lipinski definition) is 1. The summed E-state index contributed by atoms with van der Waals surface area (Å²) in [5.41, 5.74) is 1.06. The SMILES string of the molecule is CCCNCC(C)c1cccc(F)c1. The highest BCUT2D eigenvalue weighted by atomic mass is 19.1. The predicted octanol–water partition coefficient (Wildman–Crippen LogP) is 2.93. The maximum absolute atomic E-state index is 12.9. The van der Waals surface area contributed by atoms with Crippen LogP contribution in [-0.4, -0.2) is 13.1 Å². The van der Waals surface area contributed by atoms with E-state index in [-0.39, 0.29) is 5.82 Å². The predicted molar refractivity (Wildman–Crippen MR) is 58.0 cm³/mol. The zero-order chi connectivity index (χ0) is 10.4. The van der Waals surface area contributed by atoms with Crippen molar-refractivity contribution in [1.29, 1.82) is 0 Å². The van der Waals surface area contributed by atoms with E-state index in [9.17, 15) is 4.39 Å². The molecule has 0 aliphatic carbocycles. The van der Waals surface area contributed by atoms with E-state index in [1.165, 1.54) is 6.07 Å². The Kier molecular flexibility index (Phi) is 4.60. The second-order valence-corrected chi connectivity index (χ2v) is 3.66. The second-order valence-electron chi connectivity index (χ2n) is 3.66. The Morgan fingerprint density at radius 2 is 2.21 bits per heavy atom. The minimum absolute atomic E-state index is 0.148. The summed E-state index contributed by atoms with van der Waals surface area (Å²) >= 11 is 0. The van der Waals surface area contributed by atoms with Crippen LogP contribution in [0.4, 0.5) is 4.39 Å². The van der Waals surface area contributed by atoms with Gasteiger partial charge in [-0.1, -0.05) is 26.0 Å². The van der Waals surface area contributed by atoms with Gasteiger partial charge < -0.3 is 5.32 Å². The van der Waals surface area contributed by atoms with Gasteiger partial charge in [0.1, 0.15) is 5.82 Å². The van der Waals surface area contributed by atoms with Gasteiger partial charge in [0.05, 0.1) is 0 Å². The van der Waals surface area contributed by atoms with Gasteiger partial charge in [-0.25, -0.2) is 4.39 Å². The standard InChI is InChI=1S/C12H18FN/c1-3-7-14-9-10(2)11-5-4-6-12(13)8-11/h4-6,8,10,14H,3,7,9H2,1-2H3. The fourth-order valence-corrected chi connectivity index (χ4v) is 1.43. The zero-order valence-electron chi connectivity index (χ0n) is 8.89. The number of halogens is 1. The lowest BCUT2D eigenvalue weighted by atomic mass is 10.0. The highest BCUT2D eigenvalue weighted by Gasteiger charge is 2.04. The Morgan fingerprint density at radius 1 is 1.43 bits per heavy atom. The van der Waals surface area contributed by atoms with E-state index in [1.807, 2.05) is 6.07 Å². The van der Waals surface area contributed by atoms with Gasteiger partial charge in [-0.2, -0.15) is 0 Å². The molecule has 2 heteroatoms. The van der Waals surface area contributed by atoms with Crippen molar-refractivity contribution in [2.45, 2.75) is 26.2 Å². The molecule has 1 rings (SSSR count). The first kappa shape index (κ1) is 11.2. The molecule has 0 radical (unpaired) electrons. The monoisotopic (exact) mass is 195 g/mol. The maximum Gasteiger partial charge on any atom is 0.123 e. The summed E-state index contributed by atoms with van der Waals surface area (Å²) < 4.78 is 12.9. The number of nitrogens with one attached hydrogen (secondary N) is 1. The molecule has 0 bridgehead atoms. The minimum atomic E-state index is -0.148. The summed E-state index contributed by atoms with van der Waals surface area (Å²) in [6.45, 7) is 6.19. The molecular weight excluding hydrogens is 177 g/mol. The lowest BCUT2D eigenvalue weighted by molar-refractivity contribution is 0.596. The van der Waals surface area contributed by atoms with Crippen molar-refractivity contribution in [3.63, 3.8) is 0 Å². The Bertz CT molecular complexity index is 273. The fourth-order valence-electron chi connectivity index (χ4n) is 1.43. The third-order valence-corrected chi connectivity index (χ3v) is 2.30. The Morgan fingerprint density at radius 3 is 2.86 bits per heavy atom. The Labute approximate surface area is 85.3 Å². The first-order chi connectivity index (χ1) is 6.74. The van der Waals surface area contributed by atoms with Crippen LogP contribution in [0.2, 0.25) is 0 Å². The second kappa shape index (κ2) is 5.76. The first-order valence-corrected chi connectivity index (χ1v) is 5.20. The molecule has 1 aromatic carbocycles. The van der Waals surface area contributed by atoms with Crippen LogP contribution in [0.15, 0.2) is 24.3 Å². The molecule has 0 saturated carbocycles.